The lowest BCUT2D eigenvalue weighted by Crippen LogP contribution is -2.33. The van der Waals surface area contributed by atoms with Crippen LogP contribution in [-0.2, 0) is 0 Å². The lowest BCUT2D eigenvalue weighted by molar-refractivity contribution is 0.313. The van der Waals surface area contributed by atoms with E-state index >= 15 is 0 Å². The quantitative estimate of drug-likeness (QED) is 0.487. The second kappa shape index (κ2) is 9.09. The van der Waals surface area contributed by atoms with E-state index in [9.17, 15) is 5.11 Å². The van der Waals surface area contributed by atoms with E-state index in [0.29, 0.717) is 28.8 Å². The van der Waals surface area contributed by atoms with E-state index in [1.165, 1.54) is 0 Å². The van der Waals surface area contributed by atoms with Crippen molar-refractivity contribution in [3.8, 4) is 11.5 Å². The van der Waals surface area contributed by atoms with Gasteiger partial charge in [0.25, 0.3) is 0 Å². The normalized spacial score (nSPS) is 18.7. The van der Waals surface area contributed by atoms with E-state index in [1.807, 2.05) is 67.6 Å². The smallest absolute Gasteiger partial charge is 0.162 e. The fourth-order valence-corrected chi connectivity index (χ4v) is 3.88. The van der Waals surface area contributed by atoms with Crippen LogP contribution >= 0.6 is 23.2 Å². The van der Waals surface area contributed by atoms with Gasteiger partial charge >= 0.3 is 0 Å². The summed E-state index contributed by atoms with van der Waals surface area (Å²) >= 11 is 12.1. The highest BCUT2D eigenvalue weighted by Gasteiger charge is 2.28. The number of phenols is 1. The molecule has 0 saturated carbocycles. The highest BCUT2D eigenvalue weighted by atomic mass is 35.5. The van der Waals surface area contributed by atoms with E-state index in [0.717, 1.165) is 22.4 Å². The number of aromatic hydroxyl groups is 1. The van der Waals surface area contributed by atoms with Crippen molar-refractivity contribution in [3.05, 3.63) is 93.5 Å². The van der Waals surface area contributed by atoms with Crippen molar-refractivity contribution in [3.63, 3.8) is 0 Å². The first-order valence-electron chi connectivity index (χ1n) is 9.84. The van der Waals surface area contributed by atoms with Crippen LogP contribution in [0.1, 0.15) is 42.2 Å². The zero-order chi connectivity index (χ0) is 21.1. The van der Waals surface area contributed by atoms with Crippen molar-refractivity contribution >= 4 is 28.9 Å². The number of phenolic OH excluding ortho intramolecular Hbond substituents is 1. The molecule has 3 aromatic rings. The Hall–Kier alpha value is -2.53. The maximum Gasteiger partial charge on any atom is 0.162 e. The molecule has 0 radical (unpaired) electrons. The van der Waals surface area contributed by atoms with E-state index in [1.54, 1.807) is 6.07 Å². The first-order chi connectivity index (χ1) is 14.5. The molecule has 2 N–H and O–H groups in total. The molecule has 4 nitrogen and oxygen atoms in total. The first kappa shape index (κ1) is 20.7. The number of nitrogens with one attached hydrogen (secondary N) is 1. The van der Waals surface area contributed by atoms with Crippen LogP contribution in [0.3, 0.4) is 0 Å². The molecule has 0 unspecified atom stereocenters. The number of para-hydroxylation sites is 1. The van der Waals surface area contributed by atoms with Crippen LogP contribution in [0.5, 0.6) is 11.5 Å². The fraction of sp³-hybridized carbons (Fsp3) is 0.208. The number of hydrogen-bond acceptors (Lipinski definition) is 4. The van der Waals surface area contributed by atoms with Crippen LogP contribution < -0.4 is 10.1 Å². The average Bonchev–Trinajstić information content (AvgIpc) is 2.76. The molecule has 1 aliphatic heterocycles. The third-order valence-electron chi connectivity index (χ3n) is 5.11. The minimum atomic E-state index is -0.276. The highest BCUT2D eigenvalue weighted by Crippen LogP contribution is 2.39. The van der Waals surface area contributed by atoms with Gasteiger partial charge in [-0.05, 0) is 48.4 Å². The number of rotatable bonds is 5. The van der Waals surface area contributed by atoms with Gasteiger partial charge in [-0.15, -0.1) is 0 Å². The van der Waals surface area contributed by atoms with Crippen molar-refractivity contribution in [2.24, 2.45) is 4.99 Å². The van der Waals surface area contributed by atoms with Crippen molar-refractivity contribution in [1.82, 2.24) is 5.32 Å². The number of benzene rings is 3. The van der Waals surface area contributed by atoms with Crippen molar-refractivity contribution in [1.29, 1.82) is 0 Å². The molecule has 0 fully saturated rings. The topological polar surface area (TPSA) is 53.8 Å². The Labute approximate surface area is 186 Å². The lowest BCUT2D eigenvalue weighted by Gasteiger charge is -2.31. The van der Waals surface area contributed by atoms with E-state index in [2.05, 4.69) is 5.32 Å². The van der Waals surface area contributed by atoms with Gasteiger partial charge in [0.2, 0.25) is 0 Å². The molecule has 4 rings (SSSR count). The minimum Gasteiger partial charge on any atom is -0.504 e. The van der Waals surface area contributed by atoms with Crippen molar-refractivity contribution < 1.29 is 9.84 Å². The van der Waals surface area contributed by atoms with Crippen LogP contribution in [0.15, 0.2) is 71.7 Å². The summed E-state index contributed by atoms with van der Waals surface area (Å²) in [6, 6.07) is 20.7. The molecule has 1 heterocycles. The second-order valence-corrected chi connectivity index (χ2v) is 7.96. The Balaban J connectivity index is 1.74. The second-order valence-electron chi connectivity index (χ2n) is 7.09. The maximum atomic E-state index is 10.8. The fourth-order valence-electron chi connectivity index (χ4n) is 3.63. The monoisotopic (exact) mass is 440 g/mol. The van der Waals surface area contributed by atoms with Gasteiger partial charge in [0.1, 0.15) is 6.17 Å². The third-order valence-corrected chi connectivity index (χ3v) is 5.61. The highest BCUT2D eigenvalue weighted by molar-refractivity contribution is 6.30. The summed E-state index contributed by atoms with van der Waals surface area (Å²) in [6.07, 6.45) is 0.344. The van der Waals surface area contributed by atoms with Crippen LogP contribution in [0.25, 0.3) is 0 Å². The molecule has 6 heteroatoms. The van der Waals surface area contributed by atoms with Gasteiger partial charge in [-0.25, -0.2) is 0 Å². The van der Waals surface area contributed by atoms with E-state index in [-0.39, 0.29) is 18.0 Å². The van der Waals surface area contributed by atoms with Crippen LogP contribution in [0.4, 0.5) is 0 Å². The molecular weight excluding hydrogens is 419 g/mol. The number of halogens is 2. The van der Waals surface area contributed by atoms with Gasteiger partial charge in [-0.1, -0.05) is 59.6 Å². The van der Waals surface area contributed by atoms with Gasteiger partial charge < -0.3 is 9.84 Å². The molecule has 0 bridgehead atoms. The SMILES string of the molecule is CCOc1cccc([C@@H]2CC(c3ccc(Cl)cc3)=N[C@H](c3ccc(Cl)cc3)N2)c1O. The first-order valence-corrected chi connectivity index (χ1v) is 10.6. The largest absolute Gasteiger partial charge is 0.504 e. The molecule has 1 aliphatic rings. The van der Waals surface area contributed by atoms with Gasteiger partial charge in [0.05, 0.1) is 6.61 Å². The molecule has 0 aromatic heterocycles. The molecule has 2 atom stereocenters. The molecule has 0 amide bonds. The van der Waals surface area contributed by atoms with Crippen LogP contribution in [-0.4, -0.2) is 17.4 Å². The Morgan fingerprint density at radius 3 is 2.33 bits per heavy atom. The van der Waals surface area contributed by atoms with E-state index < -0.39 is 0 Å². The Morgan fingerprint density at radius 2 is 1.67 bits per heavy atom. The summed E-state index contributed by atoms with van der Waals surface area (Å²) in [5.74, 6) is 0.638. The summed E-state index contributed by atoms with van der Waals surface area (Å²) in [7, 11) is 0. The molecule has 0 saturated heterocycles. The molecule has 3 aromatic carbocycles. The number of hydrogen-bond donors (Lipinski definition) is 2. The van der Waals surface area contributed by atoms with Crippen molar-refractivity contribution in [2.75, 3.05) is 6.61 Å². The minimum absolute atomic E-state index is 0.144. The predicted octanol–water partition coefficient (Wildman–Crippen LogP) is 6.32. The zero-order valence-corrected chi connectivity index (χ0v) is 18.0. The summed E-state index contributed by atoms with van der Waals surface area (Å²) in [4.78, 5) is 4.95. The molecule has 30 heavy (non-hydrogen) atoms. The maximum absolute atomic E-state index is 10.8. The summed E-state index contributed by atoms with van der Waals surface area (Å²) in [6.45, 7) is 2.38. The molecular formula is C24H22Cl2N2O2. The number of ether oxygens (including phenoxy) is 1. The van der Waals surface area contributed by atoms with Gasteiger partial charge in [-0.3, -0.25) is 10.3 Å². The standard InChI is InChI=1S/C24H22Cl2N2O2/c1-2-30-22-5-3-4-19(23(22)29)21-14-20(15-6-10-17(25)11-7-15)27-24(28-21)16-8-12-18(26)13-9-16/h3-13,21,24,28-29H,2,14H2,1H3/t21-,24-/m0/s1. The van der Waals surface area contributed by atoms with Crippen LogP contribution in [0.2, 0.25) is 10.0 Å². The Bertz CT molecular complexity index is 1050. The number of aliphatic imine (C=N–C) groups is 1. The Kier molecular flexibility index (Phi) is 6.28. The molecule has 0 aliphatic carbocycles. The van der Waals surface area contributed by atoms with Gasteiger partial charge in [0, 0.05) is 33.8 Å². The van der Waals surface area contributed by atoms with Crippen molar-refractivity contribution in [2.45, 2.75) is 25.6 Å². The lowest BCUT2D eigenvalue weighted by atomic mass is 9.93. The van der Waals surface area contributed by atoms with Crippen LogP contribution in [0, 0.1) is 0 Å². The van der Waals surface area contributed by atoms with Gasteiger partial charge in [-0.2, -0.15) is 0 Å². The molecule has 0 spiro atoms. The summed E-state index contributed by atoms with van der Waals surface area (Å²) < 4.78 is 5.58. The average molecular weight is 441 g/mol. The summed E-state index contributed by atoms with van der Waals surface area (Å²) in [5.41, 5.74) is 3.72. The Morgan fingerprint density at radius 1 is 1.00 bits per heavy atom. The number of nitrogens with zero attached hydrogens (tertiary/aromatic N) is 1. The van der Waals surface area contributed by atoms with Gasteiger partial charge in [0.15, 0.2) is 11.5 Å². The molecule has 154 valence electrons. The zero-order valence-electron chi connectivity index (χ0n) is 16.5. The predicted molar refractivity (Wildman–Crippen MR) is 122 cm³/mol. The summed E-state index contributed by atoms with van der Waals surface area (Å²) in [5, 5.41) is 15.7. The third kappa shape index (κ3) is 4.46. The van der Waals surface area contributed by atoms with E-state index in [4.69, 9.17) is 32.9 Å².